The molecule has 1 saturated heterocycles. The number of ether oxygens (including phenoxy) is 1. The van der Waals surface area contributed by atoms with E-state index in [4.69, 9.17) is 4.74 Å². The molecular weight excluding hydrogens is 314 g/mol. The first-order valence-corrected chi connectivity index (χ1v) is 8.77. The molecule has 0 saturated carbocycles. The molecule has 2 heterocycles. The van der Waals surface area contributed by atoms with Gasteiger partial charge in [0.25, 0.3) is 0 Å². The predicted octanol–water partition coefficient (Wildman–Crippen LogP) is 2.44. The summed E-state index contributed by atoms with van der Waals surface area (Å²) in [5.74, 6) is 0.0373. The zero-order chi connectivity index (χ0) is 17.4. The summed E-state index contributed by atoms with van der Waals surface area (Å²) in [6.07, 6.45) is 7.26. The minimum Gasteiger partial charge on any atom is -0.367 e. The van der Waals surface area contributed by atoms with Crippen LogP contribution >= 0.6 is 0 Å². The number of carbonyl (C=O) groups excluding carboxylic acids is 1. The highest BCUT2D eigenvalue weighted by Crippen LogP contribution is 2.42. The number of hydrogen-bond donors (Lipinski definition) is 0. The number of morpholine rings is 1. The van der Waals surface area contributed by atoms with Gasteiger partial charge in [0.2, 0.25) is 5.91 Å². The number of aryl methyl sites for hydroxylation is 2. The van der Waals surface area contributed by atoms with Gasteiger partial charge in [-0.05, 0) is 37.0 Å². The molecule has 1 amide bonds. The summed E-state index contributed by atoms with van der Waals surface area (Å²) in [5, 5.41) is 4.21. The maximum atomic E-state index is 12.7. The van der Waals surface area contributed by atoms with E-state index in [1.807, 2.05) is 29.6 Å². The van der Waals surface area contributed by atoms with Crippen LogP contribution in [-0.2, 0) is 28.6 Å². The zero-order valence-electron chi connectivity index (χ0n) is 14.7. The van der Waals surface area contributed by atoms with Crippen LogP contribution in [0.5, 0.6) is 0 Å². The molecule has 1 spiro atoms. The van der Waals surface area contributed by atoms with E-state index < -0.39 is 0 Å². The molecule has 5 nitrogen and oxygen atoms in total. The Morgan fingerprint density at radius 1 is 1.36 bits per heavy atom. The van der Waals surface area contributed by atoms with Crippen LogP contribution in [0.15, 0.2) is 36.5 Å². The van der Waals surface area contributed by atoms with E-state index in [0.29, 0.717) is 19.7 Å². The van der Waals surface area contributed by atoms with Crippen LogP contribution in [0.1, 0.15) is 28.8 Å². The van der Waals surface area contributed by atoms with Gasteiger partial charge in [-0.15, -0.1) is 0 Å². The van der Waals surface area contributed by atoms with Crippen LogP contribution in [0, 0.1) is 6.92 Å². The van der Waals surface area contributed by atoms with Crippen molar-refractivity contribution in [2.45, 2.75) is 25.4 Å². The van der Waals surface area contributed by atoms with Gasteiger partial charge in [-0.2, -0.15) is 5.10 Å². The summed E-state index contributed by atoms with van der Waals surface area (Å²) >= 11 is 0. The second-order valence-corrected chi connectivity index (χ2v) is 6.90. The molecule has 2 aromatic rings. The molecule has 1 aliphatic heterocycles. The second kappa shape index (κ2) is 6.15. The van der Waals surface area contributed by atoms with Crippen LogP contribution in [0.2, 0.25) is 0 Å². The Morgan fingerprint density at radius 2 is 2.20 bits per heavy atom. The van der Waals surface area contributed by atoms with Crippen LogP contribution in [0.4, 0.5) is 0 Å². The first-order valence-electron chi connectivity index (χ1n) is 8.77. The lowest BCUT2D eigenvalue weighted by Crippen LogP contribution is -2.50. The maximum absolute atomic E-state index is 12.7. The van der Waals surface area contributed by atoms with Crippen LogP contribution in [0.3, 0.4) is 0 Å². The Bertz CT molecular complexity index is 835. The number of carbonyl (C=O) groups is 1. The molecule has 1 aliphatic carbocycles. The number of rotatable bonds is 2. The number of amides is 1. The van der Waals surface area contributed by atoms with Gasteiger partial charge < -0.3 is 9.64 Å². The molecule has 0 bridgehead atoms. The topological polar surface area (TPSA) is 47.4 Å². The van der Waals surface area contributed by atoms with Crippen molar-refractivity contribution in [2.75, 3.05) is 19.7 Å². The lowest BCUT2D eigenvalue weighted by atomic mass is 9.93. The van der Waals surface area contributed by atoms with Crippen molar-refractivity contribution in [3.63, 3.8) is 0 Å². The molecule has 25 heavy (non-hydrogen) atoms. The highest BCUT2D eigenvalue weighted by Gasteiger charge is 2.43. The Hall–Kier alpha value is -2.40. The molecule has 5 heteroatoms. The van der Waals surface area contributed by atoms with Crippen molar-refractivity contribution < 1.29 is 9.53 Å². The van der Waals surface area contributed by atoms with E-state index in [0.717, 1.165) is 24.1 Å². The Morgan fingerprint density at radius 3 is 3.00 bits per heavy atom. The number of nitrogens with zero attached hydrogens (tertiary/aromatic N) is 3. The number of fused-ring (bicyclic) bond motifs is 2. The summed E-state index contributed by atoms with van der Waals surface area (Å²) in [4.78, 5) is 14.6. The second-order valence-electron chi connectivity index (χ2n) is 6.90. The van der Waals surface area contributed by atoms with Gasteiger partial charge in [-0.25, -0.2) is 0 Å². The zero-order valence-corrected chi connectivity index (χ0v) is 14.7. The van der Waals surface area contributed by atoms with Gasteiger partial charge in [0.05, 0.1) is 19.3 Å². The minimum absolute atomic E-state index is 0.0373. The largest absolute Gasteiger partial charge is 0.367 e. The fourth-order valence-electron chi connectivity index (χ4n) is 3.89. The van der Waals surface area contributed by atoms with Gasteiger partial charge in [0.15, 0.2) is 0 Å². The van der Waals surface area contributed by atoms with Gasteiger partial charge in [-0.3, -0.25) is 9.48 Å². The third kappa shape index (κ3) is 2.78. The average molecular weight is 337 g/mol. The van der Waals surface area contributed by atoms with Gasteiger partial charge >= 0.3 is 0 Å². The quantitative estimate of drug-likeness (QED) is 0.791. The van der Waals surface area contributed by atoms with E-state index >= 15 is 0 Å². The SMILES string of the molecule is Cc1c(/C=C/C(=O)N2CCOC3(CCc4ccccc43)C2)cnn1C. The third-order valence-electron chi connectivity index (χ3n) is 5.48. The summed E-state index contributed by atoms with van der Waals surface area (Å²) in [6.45, 7) is 3.84. The lowest BCUT2D eigenvalue weighted by Gasteiger charge is -2.40. The smallest absolute Gasteiger partial charge is 0.246 e. The summed E-state index contributed by atoms with van der Waals surface area (Å²) in [5.41, 5.74) is 4.29. The molecule has 1 aromatic carbocycles. The van der Waals surface area contributed by atoms with Crippen molar-refractivity contribution in [1.82, 2.24) is 14.7 Å². The monoisotopic (exact) mass is 337 g/mol. The molecule has 1 aromatic heterocycles. The van der Waals surface area contributed by atoms with Gasteiger partial charge in [-0.1, -0.05) is 24.3 Å². The average Bonchev–Trinajstić information content (AvgIpc) is 3.15. The Labute approximate surface area is 147 Å². The molecule has 4 rings (SSSR count). The summed E-state index contributed by atoms with van der Waals surface area (Å²) in [6, 6.07) is 8.44. The summed E-state index contributed by atoms with van der Waals surface area (Å²) in [7, 11) is 1.90. The molecule has 130 valence electrons. The Kier molecular flexibility index (Phi) is 3.96. The van der Waals surface area contributed by atoms with Crippen LogP contribution < -0.4 is 0 Å². The molecule has 1 unspecified atom stereocenters. The van der Waals surface area contributed by atoms with E-state index in [1.165, 1.54) is 11.1 Å². The third-order valence-corrected chi connectivity index (χ3v) is 5.48. The van der Waals surface area contributed by atoms with Crippen molar-refractivity contribution in [1.29, 1.82) is 0 Å². The highest BCUT2D eigenvalue weighted by atomic mass is 16.5. The standard InChI is InChI=1S/C20H23N3O2/c1-15-17(13-21-22(15)2)7-8-19(24)23-11-12-25-20(14-23)10-9-16-5-3-4-6-18(16)20/h3-8,13H,9-12,14H2,1-2H3/b8-7+. The molecule has 1 fully saturated rings. The summed E-state index contributed by atoms with van der Waals surface area (Å²) < 4.78 is 8.00. The van der Waals surface area contributed by atoms with E-state index in [2.05, 4.69) is 29.4 Å². The normalized spacial score (nSPS) is 22.7. The Balaban J connectivity index is 1.52. The minimum atomic E-state index is -0.331. The van der Waals surface area contributed by atoms with Crippen molar-refractivity contribution in [3.8, 4) is 0 Å². The van der Waals surface area contributed by atoms with E-state index in [-0.39, 0.29) is 11.5 Å². The van der Waals surface area contributed by atoms with Crippen molar-refractivity contribution >= 4 is 12.0 Å². The first-order chi connectivity index (χ1) is 12.1. The van der Waals surface area contributed by atoms with Gasteiger partial charge in [0.1, 0.15) is 5.60 Å². The van der Waals surface area contributed by atoms with Crippen LogP contribution in [0.25, 0.3) is 6.08 Å². The molecule has 2 aliphatic rings. The van der Waals surface area contributed by atoms with Crippen molar-refractivity contribution in [3.05, 3.63) is 58.9 Å². The number of benzene rings is 1. The fourth-order valence-corrected chi connectivity index (χ4v) is 3.89. The first kappa shape index (κ1) is 16.1. The fraction of sp³-hybridized carbons (Fsp3) is 0.400. The molecule has 0 radical (unpaired) electrons. The molecular formula is C20H23N3O2. The number of aromatic nitrogens is 2. The lowest BCUT2D eigenvalue weighted by molar-refractivity contribution is -0.147. The van der Waals surface area contributed by atoms with E-state index in [9.17, 15) is 4.79 Å². The van der Waals surface area contributed by atoms with Crippen molar-refractivity contribution in [2.24, 2.45) is 7.05 Å². The highest BCUT2D eigenvalue weighted by molar-refractivity contribution is 5.92. The molecule has 1 atom stereocenters. The number of hydrogen-bond acceptors (Lipinski definition) is 3. The predicted molar refractivity (Wildman–Crippen MR) is 96.0 cm³/mol. The molecule has 0 N–H and O–H groups in total. The van der Waals surface area contributed by atoms with Gasteiger partial charge in [0, 0.05) is 30.9 Å². The van der Waals surface area contributed by atoms with E-state index in [1.54, 1.807) is 12.3 Å². The maximum Gasteiger partial charge on any atom is 0.246 e. The van der Waals surface area contributed by atoms with Crippen LogP contribution in [-0.4, -0.2) is 40.3 Å².